The molecule has 0 bridgehead atoms. The quantitative estimate of drug-likeness (QED) is 0.815. The maximum Gasteiger partial charge on any atom is 0.137 e. The van der Waals surface area contributed by atoms with Gasteiger partial charge in [0.2, 0.25) is 0 Å². The highest BCUT2D eigenvalue weighted by atomic mass is 16.5. The van der Waals surface area contributed by atoms with Crippen molar-refractivity contribution in [1.82, 2.24) is 4.90 Å². The molecule has 19 heavy (non-hydrogen) atoms. The van der Waals surface area contributed by atoms with Gasteiger partial charge in [-0.1, -0.05) is 26.0 Å². The van der Waals surface area contributed by atoms with Gasteiger partial charge < -0.3 is 14.7 Å². The number of para-hydroxylation sites is 1. The zero-order valence-electron chi connectivity index (χ0n) is 11.8. The Bertz CT molecular complexity index is 426. The standard InChI is InChI=1S/C15H22N2O2/c1-12(2)9-17(3)10-14(18)11-19-15-7-5-4-6-13(15)8-16/h4-7,12,14,18H,9-11H2,1-3H3. The molecule has 4 heteroatoms. The molecule has 104 valence electrons. The van der Waals surface area contributed by atoms with Crippen LogP contribution in [0, 0.1) is 17.2 Å². The number of nitrogens with zero attached hydrogens (tertiary/aromatic N) is 2. The van der Waals surface area contributed by atoms with Crippen molar-refractivity contribution in [2.45, 2.75) is 20.0 Å². The van der Waals surface area contributed by atoms with Gasteiger partial charge in [-0.3, -0.25) is 0 Å². The minimum atomic E-state index is -0.560. The molecule has 0 fully saturated rings. The van der Waals surface area contributed by atoms with Crippen LogP contribution in [-0.2, 0) is 0 Å². The van der Waals surface area contributed by atoms with E-state index < -0.39 is 6.10 Å². The molecule has 0 spiro atoms. The van der Waals surface area contributed by atoms with Gasteiger partial charge >= 0.3 is 0 Å². The fourth-order valence-corrected chi connectivity index (χ4v) is 1.98. The van der Waals surface area contributed by atoms with E-state index in [1.807, 2.05) is 13.1 Å². The van der Waals surface area contributed by atoms with Gasteiger partial charge in [0.15, 0.2) is 0 Å². The second-order valence-corrected chi connectivity index (χ2v) is 5.19. The Hall–Kier alpha value is -1.57. The number of benzene rings is 1. The van der Waals surface area contributed by atoms with E-state index in [1.54, 1.807) is 18.2 Å². The molecule has 0 aliphatic heterocycles. The van der Waals surface area contributed by atoms with Crippen molar-refractivity contribution in [2.24, 2.45) is 5.92 Å². The van der Waals surface area contributed by atoms with Crippen molar-refractivity contribution in [3.05, 3.63) is 29.8 Å². The lowest BCUT2D eigenvalue weighted by Crippen LogP contribution is -2.35. The van der Waals surface area contributed by atoms with Crippen LogP contribution >= 0.6 is 0 Å². The summed E-state index contributed by atoms with van der Waals surface area (Å²) in [5.74, 6) is 1.09. The van der Waals surface area contributed by atoms with Crippen LogP contribution in [0.25, 0.3) is 0 Å². The molecular weight excluding hydrogens is 240 g/mol. The summed E-state index contributed by atoms with van der Waals surface area (Å²) in [6.45, 7) is 5.98. The minimum Gasteiger partial charge on any atom is -0.489 e. The number of hydrogen-bond donors (Lipinski definition) is 1. The number of hydrogen-bond acceptors (Lipinski definition) is 4. The van der Waals surface area contributed by atoms with E-state index in [-0.39, 0.29) is 6.61 Å². The Morgan fingerprint density at radius 3 is 2.63 bits per heavy atom. The Kier molecular flexibility index (Phi) is 6.34. The Morgan fingerprint density at radius 2 is 2.00 bits per heavy atom. The second-order valence-electron chi connectivity index (χ2n) is 5.19. The Balaban J connectivity index is 2.42. The highest BCUT2D eigenvalue weighted by molar-refractivity contribution is 5.42. The average molecular weight is 262 g/mol. The minimum absolute atomic E-state index is 0.196. The molecule has 0 saturated heterocycles. The molecule has 1 unspecified atom stereocenters. The monoisotopic (exact) mass is 262 g/mol. The second kappa shape index (κ2) is 7.78. The van der Waals surface area contributed by atoms with Crippen LogP contribution in [-0.4, -0.2) is 42.9 Å². The van der Waals surface area contributed by atoms with Gasteiger partial charge in [-0.05, 0) is 25.1 Å². The summed E-state index contributed by atoms with van der Waals surface area (Å²) in [6, 6.07) is 9.11. The van der Waals surface area contributed by atoms with E-state index in [2.05, 4.69) is 24.8 Å². The topological polar surface area (TPSA) is 56.5 Å². The number of nitriles is 1. The maximum atomic E-state index is 9.91. The highest BCUT2D eigenvalue weighted by Crippen LogP contribution is 2.16. The molecule has 1 atom stereocenters. The van der Waals surface area contributed by atoms with Gasteiger partial charge in [0.25, 0.3) is 0 Å². The van der Waals surface area contributed by atoms with Gasteiger partial charge in [0.1, 0.15) is 24.5 Å². The molecular formula is C15H22N2O2. The van der Waals surface area contributed by atoms with Gasteiger partial charge in [0.05, 0.1) is 5.56 Å². The predicted octanol–water partition coefficient (Wildman–Crippen LogP) is 1.89. The third kappa shape index (κ3) is 5.73. The zero-order valence-corrected chi connectivity index (χ0v) is 11.8. The van der Waals surface area contributed by atoms with E-state index in [0.29, 0.717) is 23.8 Å². The fourth-order valence-electron chi connectivity index (χ4n) is 1.98. The number of aliphatic hydroxyl groups excluding tert-OH is 1. The van der Waals surface area contributed by atoms with E-state index in [1.165, 1.54) is 0 Å². The van der Waals surface area contributed by atoms with Crippen LogP contribution in [0.1, 0.15) is 19.4 Å². The van der Waals surface area contributed by atoms with Crippen LogP contribution in [0.3, 0.4) is 0 Å². The number of likely N-dealkylation sites (N-methyl/N-ethyl adjacent to an activating group) is 1. The molecule has 1 rings (SSSR count). The van der Waals surface area contributed by atoms with Crippen LogP contribution in [0.15, 0.2) is 24.3 Å². The molecule has 4 nitrogen and oxygen atoms in total. The molecule has 0 saturated carbocycles. The first-order valence-electron chi connectivity index (χ1n) is 6.51. The van der Waals surface area contributed by atoms with Gasteiger partial charge in [-0.15, -0.1) is 0 Å². The molecule has 0 radical (unpaired) electrons. The molecule has 1 aromatic rings. The molecule has 0 aliphatic carbocycles. The molecule has 1 N–H and O–H groups in total. The first-order chi connectivity index (χ1) is 9.02. The van der Waals surface area contributed by atoms with Crippen molar-refractivity contribution >= 4 is 0 Å². The van der Waals surface area contributed by atoms with Crippen molar-refractivity contribution in [3.8, 4) is 11.8 Å². The average Bonchev–Trinajstić information content (AvgIpc) is 2.35. The summed E-state index contributed by atoms with van der Waals surface area (Å²) >= 11 is 0. The van der Waals surface area contributed by atoms with E-state index >= 15 is 0 Å². The first kappa shape index (κ1) is 15.5. The summed E-state index contributed by atoms with van der Waals surface area (Å²) in [4.78, 5) is 2.08. The number of ether oxygens (including phenoxy) is 1. The lowest BCUT2D eigenvalue weighted by atomic mass is 10.2. The van der Waals surface area contributed by atoms with E-state index in [4.69, 9.17) is 10.00 Å². The fraction of sp³-hybridized carbons (Fsp3) is 0.533. The lowest BCUT2D eigenvalue weighted by Gasteiger charge is -2.22. The maximum absolute atomic E-state index is 9.91. The SMILES string of the molecule is CC(C)CN(C)CC(O)COc1ccccc1C#N. The zero-order chi connectivity index (χ0) is 14.3. The number of rotatable bonds is 7. The van der Waals surface area contributed by atoms with Crippen molar-refractivity contribution in [2.75, 3.05) is 26.7 Å². The van der Waals surface area contributed by atoms with E-state index in [0.717, 1.165) is 6.54 Å². The molecule has 1 aromatic carbocycles. The lowest BCUT2D eigenvalue weighted by molar-refractivity contribution is 0.0731. The van der Waals surface area contributed by atoms with Crippen molar-refractivity contribution < 1.29 is 9.84 Å². The number of aliphatic hydroxyl groups is 1. The van der Waals surface area contributed by atoms with Crippen LogP contribution < -0.4 is 4.74 Å². The third-order valence-corrected chi connectivity index (χ3v) is 2.64. The summed E-state index contributed by atoms with van der Waals surface area (Å²) in [7, 11) is 1.98. The molecule has 0 aromatic heterocycles. The first-order valence-corrected chi connectivity index (χ1v) is 6.51. The Morgan fingerprint density at radius 1 is 1.32 bits per heavy atom. The van der Waals surface area contributed by atoms with E-state index in [9.17, 15) is 5.11 Å². The predicted molar refractivity (Wildman–Crippen MR) is 75.0 cm³/mol. The largest absolute Gasteiger partial charge is 0.489 e. The van der Waals surface area contributed by atoms with Crippen molar-refractivity contribution in [3.63, 3.8) is 0 Å². The highest BCUT2D eigenvalue weighted by Gasteiger charge is 2.11. The van der Waals surface area contributed by atoms with Gasteiger partial charge in [0, 0.05) is 13.1 Å². The Labute approximate surface area is 115 Å². The molecule has 0 amide bonds. The molecule has 0 aliphatic rings. The third-order valence-electron chi connectivity index (χ3n) is 2.64. The normalized spacial score (nSPS) is 12.5. The summed E-state index contributed by atoms with van der Waals surface area (Å²) < 4.78 is 5.50. The summed E-state index contributed by atoms with van der Waals surface area (Å²) in [5, 5.41) is 18.8. The summed E-state index contributed by atoms with van der Waals surface area (Å²) in [6.07, 6.45) is -0.560. The van der Waals surface area contributed by atoms with Crippen LogP contribution in [0.2, 0.25) is 0 Å². The van der Waals surface area contributed by atoms with Crippen LogP contribution in [0.4, 0.5) is 0 Å². The van der Waals surface area contributed by atoms with Gasteiger partial charge in [-0.2, -0.15) is 5.26 Å². The molecule has 0 heterocycles. The van der Waals surface area contributed by atoms with Crippen molar-refractivity contribution in [1.29, 1.82) is 5.26 Å². The summed E-state index contributed by atoms with van der Waals surface area (Å²) in [5.41, 5.74) is 0.491. The van der Waals surface area contributed by atoms with Crippen LogP contribution in [0.5, 0.6) is 5.75 Å². The van der Waals surface area contributed by atoms with Gasteiger partial charge in [-0.25, -0.2) is 0 Å². The smallest absolute Gasteiger partial charge is 0.137 e.